The van der Waals surface area contributed by atoms with Crippen molar-refractivity contribution in [1.82, 2.24) is 10.6 Å². The minimum absolute atomic E-state index is 0.0273. The van der Waals surface area contributed by atoms with Crippen LogP contribution in [-0.4, -0.2) is 46.6 Å². The van der Waals surface area contributed by atoms with Crippen LogP contribution in [0.15, 0.2) is 42.5 Å². The number of halogens is 1. The highest BCUT2D eigenvalue weighted by Gasteiger charge is 2.31. The molecule has 0 aliphatic heterocycles. The average molecular weight is 533 g/mol. The number of rotatable bonds is 10. The Kier molecular flexibility index (Phi) is 9.79. The average Bonchev–Trinajstić information content (AvgIpc) is 2.75. The molecule has 7 nitrogen and oxygen atoms in total. The van der Waals surface area contributed by atoms with Crippen molar-refractivity contribution in [1.29, 1.82) is 0 Å². The number of benzene rings is 2. The summed E-state index contributed by atoms with van der Waals surface area (Å²) in [5.41, 5.74) is 0.148. The Morgan fingerprint density at radius 1 is 0.971 bits per heavy atom. The van der Waals surface area contributed by atoms with E-state index in [0.717, 1.165) is 16.3 Å². The van der Waals surface area contributed by atoms with E-state index in [9.17, 15) is 19.2 Å². The molecule has 2 atom stereocenters. The number of carbonyl (C=O) groups is 4. The molecule has 34 heavy (non-hydrogen) atoms. The largest absolute Gasteiger partial charge is 0.460 e. The van der Waals surface area contributed by atoms with Gasteiger partial charge in [0.2, 0.25) is 11.8 Å². The first-order chi connectivity index (χ1) is 15.9. The number of Topliss-reactive ketones (excluding diaryl/α,β-unsaturated/α-hetero) is 1. The fourth-order valence-corrected chi connectivity index (χ4v) is 3.92. The van der Waals surface area contributed by atoms with Gasteiger partial charge in [0.15, 0.2) is 5.78 Å². The van der Waals surface area contributed by atoms with Crippen molar-refractivity contribution >= 4 is 50.3 Å². The fourth-order valence-electron chi connectivity index (χ4n) is 3.53. The minimum atomic E-state index is -1.06. The van der Waals surface area contributed by atoms with E-state index >= 15 is 0 Å². The van der Waals surface area contributed by atoms with Crippen molar-refractivity contribution in [3.05, 3.63) is 48.0 Å². The predicted octanol–water partition coefficient (Wildman–Crippen LogP) is 3.70. The van der Waals surface area contributed by atoms with E-state index < -0.39 is 29.6 Å². The molecule has 0 saturated carbocycles. The Labute approximate surface area is 209 Å². The first-order valence-corrected chi connectivity index (χ1v) is 12.4. The van der Waals surface area contributed by atoms with Crippen LogP contribution in [0.4, 0.5) is 0 Å². The highest BCUT2D eigenvalue weighted by atomic mass is 79.9. The predicted molar refractivity (Wildman–Crippen MR) is 136 cm³/mol. The molecule has 2 amide bonds. The first-order valence-electron chi connectivity index (χ1n) is 11.3. The number of ether oxygens (including phenoxy) is 1. The second kappa shape index (κ2) is 12.1. The van der Waals surface area contributed by atoms with Crippen LogP contribution in [0.2, 0.25) is 0 Å². The molecule has 0 aliphatic rings. The lowest BCUT2D eigenvalue weighted by molar-refractivity contribution is -0.156. The molecule has 1 unspecified atom stereocenters. The first kappa shape index (κ1) is 27.5. The maximum absolute atomic E-state index is 13.0. The summed E-state index contributed by atoms with van der Waals surface area (Å²) < 4.78 is 5.29. The molecule has 0 spiro atoms. The molecule has 0 radical (unpaired) electrons. The Morgan fingerprint density at radius 2 is 1.62 bits per heavy atom. The molecule has 0 heterocycles. The van der Waals surface area contributed by atoms with Gasteiger partial charge in [-0.2, -0.15) is 0 Å². The monoisotopic (exact) mass is 532 g/mol. The molecule has 2 N–H and O–H groups in total. The van der Waals surface area contributed by atoms with E-state index in [-0.39, 0.29) is 35.8 Å². The van der Waals surface area contributed by atoms with Gasteiger partial charge in [-0.05, 0) is 43.0 Å². The summed E-state index contributed by atoms with van der Waals surface area (Å²) >= 11 is 3.10. The van der Waals surface area contributed by atoms with E-state index in [1.54, 1.807) is 34.6 Å². The van der Waals surface area contributed by atoms with E-state index in [2.05, 4.69) is 26.6 Å². The molecule has 0 aliphatic carbocycles. The Hall–Kier alpha value is -2.74. The van der Waals surface area contributed by atoms with Crippen LogP contribution >= 0.6 is 15.9 Å². The number of carbonyl (C=O) groups excluding carboxylic acids is 4. The van der Waals surface area contributed by atoms with Crippen LogP contribution in [-0.2, 0) is 30.3 Å². The summed E-state index contributed by atoms with van der Waals surface area (Å²) in [6.07, 6.45) is -0.179. The van der Waals surface area contributed by atoms with Gasteiger partial charge in [-0.25, -0.2) is 0 Å². The number of ketones is 1. The summed E-state index contributed by atoms with van der Waals surface area (Å²) in [5.74, 6) is -2.01. The van der Waals surface area contributed by atoms with Crippen molar-refractivity contribution in [2.75, 3.05) is 5.33 Å². The third-order valence-electron chi connectivity index (χ3n) is 5.12. The van der Waals surface area contributed by atoms with Gasteiger partial charge in [0, 0.05) is 0 Å². The number of alkyl halides is 1. The molecule has 0 aromatic heterocycles. The normalized spacial score (nSPS) is 13.3. The SMILES string of the molecule is CC(C)[C@H](NC(=O)Cc1cccc2ccccc12)C(=O)NC(CC(=O)OC(C)(C)C)C(=O)CBr. The molecule has 184 valence electrons. The zero-order chi connectivity index (χ0) is 25.5. The van der Waals surface area contributed by atoms with Gasteiger partial charge in [0.05, 0.1) is 24.2 Å². The van der Waals surface area contributed by atoms with Crippen LogP contribution in [0.1, 0.15) is 46.6 Å². The van der Waals surface area contributed by atoms with Gasteiger partial charge in [-0.15, -0.1) is 0 Å². The summed E-state index contributed by atoms with van der Waals surface area (Å²) in [6.45, 7) is 8.79. The topological polar surface area (TPSA) is 102 Å². The minimum Gasteiger partial charge on any atom is -0.460 e. The third kappa shape index (κ3) is 8.24. The fraction of sp³-hybridized carbons (Fsp3) is 0.462. The second-order valence-electron chi connectivity index (χ2n) is 9.56. The van der Waals surface area contributed by atoms with Gasteiger partial charge >= 0.3 is 5.97 Å². The van der Waals surface area contributed by atoms with E-state index in [4.69, 9.17) is 4.74 Å². The van der Waals surface area contributed by atoms with E-state index in [0.29, 0.717) is 0 Å². The van der Waals surface area contributed by atoms with E-state index in [1.807, 2.05) is 42.5 Å². The van der Waals surface area contributed by atoms with Crippen molar-refractivity contribution in [2.24, 2.45) is 5.92 Å². The zero-order valence-corrected chi connectivity index (χ0v) is 21.9. The summed E-state index contributed by atoms with van der Waals surface area (Å²) in [7, 11) is 0. The molecule has 0 fully saturated rings. The summed E-state index contributed by atoms with van der Waals surface area (Å²) in [4.78, 5) is 50.5. The van der Waals surface area contributed by atoms with Crippen molar-refractivity contribution in [3.63, 3.8) is 0 Å². The van der Waals surface area contributed by atoms with Gasteiger partial charge in [-0.3, -0.25) is 19.2 Å². The number of amides is 2. The van der Waals surface area contributed by atoms with Crippen LogP contribution in [0.3, 0.4) is 0 Å². The van der Waals surface area contributed by atoms with Crippen LogP contribution in [0.5, 0.6) is 0 Å². The lowest BCUT2D eigenvalue weighted by Gasteiger charge is -2.26. The zero-order valence-electron chi connectivity index (χ0n) is 20.3. The lowest BCUT2D eigenvalue weighted by atomic mass is 9.99. The van der Waals surface area contributed by atoms with Gasteiger partial charge in [-0.1, -0.05) is 72.2 Å². The summed E-state index contributed by atoms with van der Waals surface area (Å²) in [5, 5.41) is 7.41. The third-order valence-corrected chi connectivity index (χ3v) is 5.68. The van der Waals surface area contributed by atoms with Crippen molar-refractivity contribution < 1.29 is 23.9 Å². The van der Waals surface area contributed by atoms with Crippen LogP contribution < -0.4 is 10.6 Å². The summed E-state index contributed by atoms with van der Waals surface area (Å²) in [6, 6.07) is 11.6. The van der Waals surface area contributed by atoms with Gasteiger partial charge in [0.25, 0.3) is 0 Å². The lowest BCUT2D eigenvalue weighted by Crippen LogP contribution is -2.54. The highest BCUT2D eigenvalue weighted by Crippen LogP contribution is 2.19. The Morgan fingerprint density at radius 3 is 2.24 bits per heavy atom. The van der Waals surface area contributed by atoms with Gasteiger partial charge in [0.1, 0.15) is 11.6 Å². The van der Waals surface area contributed by atoms with Crippen LogP contribution in [0, 0.1) is 5.92 Å². The molecule has 0 saturated heterocycles. The second-order valence-corrected chi connectivity index (χ2v) is 10.1. The van der Waals surface area contributed by atoms with Crippen molar-refractivity contribution in [2.45, 2.75) is 65.1 Å². The molecule has 2 rings (SSSR count). The van der Waals surface area contributed by atoms with Crippen LogP contribution in [0.25, 0.3) is 10.8 Å². The Balaban J connectivity index is 2.11. The Bertz CT molecular complexity index is 1040. The highest BCUT2D eigenvalue weighted by molar-refractivity contribution is 9.09. The van der Waals surface area contributed by atoms with E-state index in [1.165, 1.54) is 0 Å². The number of hydrogen-bond donors (Lipinski definition) is 2. The number of hydrogen-bond acceptors (Lipinski definition) is 5. The standard InChI is InChI=1S/C26H33BrN2O5/c1-16(2)24(25(33)28-20(21(30)15-27)14-23(32)34-26(3,4)5)29-22(31)13-18-11-8-10-17-9-6-7-12-19(17)18/h6-12,16,20,24H,13-15H2,1-5H3,(H,28,33)(H,29,31)/t20?,24-/m0/s1. The molecule has 0 bridgehead atoms. The molecular formula is C26H33BrN2O5. The molecule has 8 heteroatoms. The maximum atomic E-state index is 13.0. The van der Waals surface area contributed by atoms with Gasteiger partial charge < -0.3 is 15.4 Å². The smallest absolute Gasteiger partial charge is 0.308 e. The molecular weight excluding hydrogens is 500 g/mol. The molecule has 2 aromatic carbocycles. The number of fused-ring (bicyclic) bond motifs is 1. The quantitative estimate of drug-likeness (QED) is 0.358. The number of nitrogens with one attached hydrogen (secondary N) is 2. The molecule has 2 aromatic rings. The van der Waals surface area contributed by atoms with Crippen molar-refractivity contribution in [3.8, 4) is 0 Å². The maximum Gasteiger partial charge on any atom is 0.308 e. The number of esters is 1.